The van der Waals surface area contributed by atoms with E-state index in [1.165, 1.54) is 0 Å². The maximum absolute atomic E-state index is 12.3. The molecule has 0 spiro atoms. The van der Waals surface area contributed by atoms with Crippen molar-refractivity contribution in [1.29, 1.82) is 0 Å². The summed E-state index contributed by atoms with van der Waals surface area (Å²) in [5, 5.41) is 16.1. The first-order chi connectivity index (χ1) is 11.5. The molecule has 0 bridgehead atoms. The van der Waals surface area contributed by atoms with Gasteiger partial charge in [-0.15, -0.1) is 5.06 Å². The molecule has 0 radical (unpaired) electrons. The molecule has 3 rings (SSSR count). The van der Waals surface area contributed by atoms with Crippen LogP contribution in [0.3, 0.4) is 0 Å². The van der Waals surface area contributed by atoms with Crippen molar-refractivity contribution in [3.8, 4) is 0 Å². The van der Waals surface area contributed by atoms with Crippen LogP contribution in [0.15, 0.2) is 30.3 Å². The number of hydrogen-bond acceptors (Lipinski definition) is 5. The van der Waals surface area contributed by atoms with Gasteiger partial charge in [-0.3, -0.25) is 4.68 Å². The lowest BCUT2D eigenvalue weighted by molar-refractivity contribution is -0.122. The summed E-state index contributed by atoms with van der Waals surface area (Å²) >= 11 is 0. The van der Waals surface area contributed by atoms with Crippen molar-refractivity contribution in [2.24, 2.45) is 7.05 Å². The van der Waals surface area contributed by atoms with Crippen molar-refractivity contribution < 1.29 is 14.7 Å². The SMILES string of the molecule is Cc1nn(C)c(C)c1C[C@H]1C[C@H](O)CN1OC(=O)c1ccccc1. The van der Waals surface area contributed by atoms with Crippen LogP contribution in [-0.4, -0.2) is 44.6 Å². The fourth-order valence-electron chi connectivity index (χ4n) is 3.24. The van der Waals surface area contributed by atoms with E-state index in [4.69, 9.17) is 4.84 Å². The maximum Gasteiger partial charge on any atom is 0.357 e. The molecular weight excluding hydrogens is 306 g/mol. The van der Waals surface area contributed by atoms with Gasteiger partial charge in [-0.25, -0.2) is 4.79 Å². The van der Waals surface area contributed by atoms with Crippen LogP contribution in [-0.2, 0) is 18.3 Å². The molecule has 0 saturated carbocycles. The molecule has 1 aromatic heterocycles. The Morgan fingerprint density at radius 1 is 1.33 bits per heavy atom. The topological polar surface area (TPSA) is 67.6 Å². The largest absolute Gasteiger partial charge is 0.392 e. The molecule has 0 unspecified atom stereocenters. The Hall–Kier alpha value is -2.18. The van der Waals surface area contributed by atoms with Crippen molar-refractivity contribution in [3.63, 3.8) is 0 Å². The third-order valence-corrected chi connectivity index (χ3v) is 4.65. The van der Waals surface area contributed by atoms with Crippen molar-refractivity contribution in [1.82, 2.24) is 14.8 Å². The number of aromatic nitrogens is 2. The number of aliphatic hydroxyl groups excluding tert-OH is 1. The summed E-state index contributed by atoms with van der Waals surface area (Å²) in [6, 6.07) is 8.85. The van der Waals surface area contributed by atoms with Gasteiger partial charge >= 0.3 is 5.97 Å². The molecule has 2 heterocycles. The van der Waals surface area contributed by atoms with Crippen LogP contribution in [0.4, 0.5) is 0 Å². The molecule has 2 aromatic rings. The van der Waals surface area contributed by atoms with Gasteiger partial charge in [0.1, 0.15) is 0 Å². The highest BCUT2D eigenvalue weighted by Gasteiger charge is 2.35. The van der Waals surface area contributed by atoms with Crippen LogP contribution in [0.5, 0.6) is 0 Å². The molecule has 24 heavy (non-hydrogen) atoms. The van der Waals surface area contributed by atoms with E-state index in [0.29, 0.717) is 24.9 Å². The Morgan fingerprint density at radius 3 is 2.67 bits per heavy atom. The summed E-state index contributed by atoms with van der Waals surface area (Å²) in [5.74, 6) is -0.394. The Balaban J connectivity index is 1.73. The number of nitrogens with zero attached hydrogens (tertiary/aromatic N) is 3. The number of hydroxylamine groups is 2. The van der Waals surface area contributed by atoms with Crippen molar-refractivity contribution in [2.75, 3.05) is 6.54 Å². The first kappa shape index (κ1) is 16.7. The number of carbonyl (C=O) groups excluding carboxylic acids is 1. The van der Waals surface area contributed by atoms with E-state index in [1.807, 2.05) is 31.6 Å². The fourth-order valence-corrected chi connectivity index (χ4v) is 3.24. The van der Waals surface area contributed by atoms with Crippen molar-refractivity contribution in [3.05, 3.63) is 52.8 Å². The van der Waals surface area contributed by atoms with Gasteiger partial charge in [-0.2, -0.15) is 5.10 Å². The summed E-state index contributed by atoms with van der Waals surface area (Å²) in [6.45, 7) is 4.34. The van der Waals surface area contributed by atoms with Crippen molar-refractivity contribution in [2.45, 2.75) is 38.8 Å². The van der Waals surface area contributed by atoms with Gasteiger partial charge in [0, 0.05) is 12.7 Å². The summed E-state index contributed by atoms with van der Waals surface area (Å²) in [4.78, 5) is 17.8. The molecule has 128 valence electrons. The third-order valence-electron chi connectivity index (χ3n) is 4.65. The van der Waals surface area contributed by atoms with Gasteiger partial charge in [-0.05, 0) is 44.4 Å². The molecule has 0 amide bonds. The second kappa shape index (κ2) is 6.75. The van der Waals surface area contributed by atoms with E-state index in [1.54, 1.807) is 29.3 Å². The zero-order chi connectivity index (χ0) is 17.3. The van der Waals surface area contributed by atoms with E-state index < -0.39 is 12.1 Å². The van der Waals surface area contributed by atoms with Gasteiger partial charge in [0.25, 0.3) is 0 Å². The average molecular weight is 329 g/mol. The number of benzene rings is 1. The second-order valence-electron chi connectivity index (χ2n) is 6.36. The second-order valence-corrected chi connectivity index (χ2v) is 6.36. The lowest BCUT2D eigenvalue weighted by atomic mass is 10.0. The summed E-state index contributed by atoms with van der Waals surface area (Å²) < 4.78 is 1.86. The summed E-state index contributed by atoms with van der Waals surface area (Å²) in [5.41, 5.74) is 3.73. The molecule has 1 aromatic carbocycles. The zero-order valence-electron chi connectivity index (χ0n) is 14.3. The monoisotopic (exact) mass is 329 g/mol. The van der Waals surface area contributed by atoms with E-state index in [2.05, 4.69) is 5.10 Å². The van der Waals surface area contributed by atoms with E-state index in [-0.39, 0.29) is 6.04 Å². The Labute approximate surface area is 141 Å². The molecule has 1 aliphatic heterocycles. The summed E-state index contributed by atoms with van der Waals surface area (Å²) in [7, 11) is 1.92. The predicted molar refractivity (Wildman–Crippen MR) is 89.4 cm³/mol. The highest BCUT2D eigenvalue weighted by molar-refractivity contribution is 5.89. The highest BCUT2D eigenvalue weighted by atomic mass is 16.7. The quantitative estimate of drug-likeness (QED) is 0.926. The Morgan fingerprint density at radius 2 is 2.04 bits per heavy atom. The smallest absolute Gasteiger partial charge is 0.357 e. The zero-order valence-corrected chi connectivity index (χ0v) is 14.3. The third kappa shape index (κ3) is 3.34. The number of aryl methyl sites for hydroxylation is 2. The van der Waals surface area contributed by atoms with Crippen LogP contribution >= 0.6 is 0 Å². The lowest BCUT2D eigenvalue weighted by Gasteiger charge is -2.23. The van der Waals surface area contributed by atoms with Crippen LogP contribution < -0.4 is 0 Å². The molecule has 1 saturated heterocycles. The molecule has 6 nitrogen and oxygen atoms in total. The van der Waals surface area contributed by atoms with Crippen molar-refractivity contribution >= 4 is 5.97 Å². The minimum Gasteiger partial charge on any atom is -0.392 e. The first-order valence-corrected chi connectivity index (χ1v) is 8.17. The maximum atomic E-state index is 12.3. The Bertz CT molecular complexity index is 727. The van der Waals surface area contributed by atoms with Gasteiger partial charge in [-0.1, -0.05) is 18.2 Å². The standard InChI is InChI=1S/C18H23N3O3/c1-12-17(13(2)20(3)19-12)10-15-9-16(22)11-21(15)24-18(23)14-7-5-4-6-8-14/h4-8,15-16,22H,9-11H2,1-3H3/t15-,16+/m1/s1. The molecule has 0 aliphatic carbocycles. The van der Waals surface area contributed by atoms with Crippen LogP contribution in [0.2, 0.25) is 0 Å². The van der Waals surface area contributed by atoms with Gasteiger partial charge in [0.15, 0.2) is 0 Å². The molecular formula is C18H23N3O3. The minimum atomic E-state index is -0.490. The molecule has 1 N–H and O–H groups in total. The summed E-state index contributed by atoms with van der Waals surface area (Å²) in [6.07, 6.45) is 0.788. The minimum absolute atomic E-state index is 0.0470. The van der Waals surface area contributed by atoms with E-state index >= 15 is 0 Å². The predicted octanol–water partition coefficient (Wildman–Crippen LogP) is 1.79. The number of rotatable bonds is 4. The molecule has 2 atom stereocenters. The first-order valence-electron chi connectivity index (χ1n) is 8.17. The Kier molecular flexibility index (Phi) is 4.69. The normalized spacial score (nSPS) is 21.2. The van der Waals surface area contributed by atoms with E-state index in [0.717, 1.165) is 17.0 Å². The molecule has 1 fully saturated rings. The lowest BCUT2D eigenvalue weighted by Crippen LogP contribution is -2.34. The van der Waals surface area contributed by atoms with Gasteiger partial charge < -0.3 is 9.94 Å². The number of β-amino-alcohol motifs (C(OH)–C–C–N with tert-alkyl or cyclic N) is 1. The molecule has 1 aliphatic rings. The number of hydrogen-bond donors (Lipinski definition) is 1. The van der Waals surface area contributed by atoms with Crippen LogP contribution in [0, 0.1) is 13.8 Å². The number of carbonyl (C=O) groups is 1. The van der Waals surface area contributed by atoms with Crippen LogP contribution in [0.25, 0.3) is 0 Å². The molecule has 6 heteroatoms. The highest BCUT2D eigenvalue weighted by Crippen LogP contribution is 2.25. The fraction of sp³-hybridized carbons (Fsp3) is 0.444. The van der Waals surface area contributed by atoms with Crippen LogP contribution in [0.1, 0.15) is 33.7 Å². The van der Waals surface area contributed by atoms with E-state index in [9.17, 15) is 9.90 Å². The van der Waals surface area contributed by atoms with Gasteiger partial charge in [0.2, 0.25) is 0 Å². The number of aliphatic hydroxyl groups is 1. The van der Waals surface area contributed by atoms with Gasteiger partial charge in [0.05, 0.1) is 29.9 Å². The average Bonchev–Trinajstić information content (AvgIpc) is 3.02.